The fraction of sp³-hybridized carbons (Fsp3) is 1.00. The van der Waals surface area contributed by atoms with Gasteiger partial charge in [-0.05, 0) is 49.4 Å². The summed E-state index contributed by atoms with van der Waals surface area (Å²) in [5.41, 5.74) is 0. The molecule has 2 N–H and O–H groups in total. The van der Waals surface area contributed by atoms with E-state index in [4.69, 9.17) is 0 Å². The molecule has 0 aromatic heterocycles. The number of aliphatic hydroxyl groups is 2. The third kappa shape index (κ3) is 0.728. The predicted octanol–water partition coefficient (Wildman–Crippen LogP) is 0.774. The lowest BCUT2D eigenvalue weighted by Gasteiger charge is -2.30. The average Bonchev–Trinajstić information content (AvgIpc) is 2.62. The molecule has 2 bridgehead atoms. The van der Waals surface area contributed by atoms with Crippen LogP contribution in [0.15, 0.2) is 0 Å². The van der Waals surface area contributed by atoms with Gasteiger partial charge < -0.3 is 10.2 Å². The molecular formula is C10H16O2. The molecule has 3 aliphatic rings. The van der Waals surface area contributed by atoms with Crippen molar-refractivity contribution < 1.29 is 10.2 Å². The van der Waals surface area contributed by atoms with Crippen molar-refractivity contribution in [2.45, 2.75) is 37.9 Å². The second-order valence-corrected chi connectivity index (χ2v) is 4.85. The monoisotopic (exact) mass is 168 g/mol. The maximum absolute atomic E-state index is 9.73. The summed E-state index contributed by atoms with van der Waals surface area (Å²) in [5, 5.41) is 19.4. The van der Waals surface area contributed by atoms with Gasteiger partial charge >= 0.3 is 0 Å². The van der Waals surface area contributed by atoms with E-state index in [2.05, 4.69) is 0 Å². The molecule has 0 unspecified atom stereocenters. The van der Waals surface area contributed by atoms with Crippen LogP contribution in [0.2, 0.25) is 0 Å². The van der Waals surface area contributed by atoms with Crippen LogP contribution in [0.1, 0.15) is 25.7 Å². The number of hydrogen-bond donors (Lipinski definition) is 2. The van der Waals surface area contributed by atoms with Gasteiger partial charge in [0.2, 0.25) is 0 Å². The third-order valence-electron chi connectivity index (χ3n) is 4.45. The highest BCUT2D eigenvalue weighted by atomic mass is 16.3. The molecule has 0 heterocycles. The Morgan fingerprint density at radius 2 is 1.67 bits per heavy atom. The quantitative estimate of drug-likeness (QED) is 0.561. The van der Waals surface area contributed by atoms with E-state index in [1.165, 1.54) is 12.8 Å². The lowest BCUT2D eigenvalue weighted by molar-refractivity contribution is 0.0142. The standard InChI is InChI=1S/C10H16O2/c11-8-2-1-6-5-3-7(10(6)8)9(12)4-5/h5-12H,1-4H2/t5-,6-,7+,8+,9-,10-/m1/s1. The molecule has 68 valence electrons. The second kappa shape index (κ2) is 2.24. The van der Waals surface area contributed by atoms with Gasteiger partial charge in [-0.15, -0.1) is 0 Å². The van der Waals surface area contributed by atoms with Crippen LogP contribution in [-0.4, -0.2) is 22.4 Å². The molecule has 0 aliphatic heterocycles. The molecule has 3 aliphatic carbocycles. The van der Waals surface area contributed by atoms with Crippen molar-refractivity contribution in [3.63, 3.8) is 0 Å². The zero-order valence-electron chi connectivity index (χ0n) is 7.19. The molecule has 0 spiro atoms. The topological polar surface area (TPSA) is 40.5 Å². The first-order valence-corrected chi connectivity index (χ1v) is 5.13. The Labute approximate surface area is 72.6 Å². The highest BCUT2D eigenvalue weighted by molar-refractivity contribution is 5.05. The molecule has 0 amide bonds. The van der Waals surface area contributed by atoms with Gasteiger partial charge in [-0.2, -0.15) is 0 Å². The van der Waals surface area contributed by atoms with Gasteiger partial charge in [-0.3, -0.25) is 0 Å². The van der Waals surface area contributed by atoms with E-state index in [9.17, 15) is 10.2 Å². The minimum atomic E-state index is -0.0973. The van der Waals surface area contributed by atoms with E-state index in [0.29, 0.717) is 11.8 Å². The van der Waals surface area contributed by atoms with E-state index >= 15 is 0 Å². The van der Waals surface area contributed by atoms with Crippen LogP contribution in [0.3, 0.4) is 0 Å². The maximum atomic E-state index is 9.73. The first-order valence-electron chi connectivity index (χ1n) is 5.13. The molecule has 6 atom stereocenters. The Morgan fingerprint density at radius 1 is 0.833 bits per heavy atom. The van der Waals surface area contributed by atoms with Gasteiger partial charge in [0.1, 0.15) is 0 Å². The fourth-order valence-corrected chi connectivity index (χ4v) is 4.04. The lowest BCUT2D eigenvalue weighted by Crippen LogP contribution is -2.33. The van der Waals surface area contributed by atoms with Gasteiger partial charge in [-0.1, -0.05) is 0 Å². The van der Waals surface area contributed by atoms with Crippen molar-refractivity contribution in [2.24, 2.45) is 23.7 Å². The van der Waals surface area contributed by atoms with Crippen molar-refractivity contribution in [1.82, 2.24) is 0 Å². The number of hydrogen-bond acceptors (Lipinski definition) is 2. The van der Waals surface area contributed by atoms with Crippen molar-refractivity contribution in [3.05, 3.63) is 0 Å². The minimum Gasteiger partial charge on any atom is -0.393 e. The lowest BCUT2D eigenvalue weighted by atomic mass is 9.79. The number of fused-ring (bicyclic) bond motifs is 5. The normalized spacial score (nSPS) is 62.5. The summed E-state index contributed by atoms with van der Waals surface area (Å²) in [5.74, 6) is 2.40. The summed E-state index contributed by atoms with van der Waals surface area (Å²) in [6, 6.07) is 0. The number of rotatable bonds is 0. The Kier molecular flexibility index (Phi) is 1.37. The molecule has 3 fully saturated rings. The molecule has 0 aromatic rings. The van der Waals surface area contributed by atoms with Crippen LogP contribution >= 0.6 is 0 Å². The minimum absolute atomic E-state index is 0.0935. The van der Waals surface area contributed by atoms with E-state index in [0.717, 1.165) is 24.7 Å². The average molecular weight is 168 g/mol. The largest absolute Gasteiger partial charge is 0.393 e. The molecular weight excluding hydrogens is 152 g/mol. The van der Waals surface area contributed by atoms with Crippen molar-refractivity contribution in [3.8, 4) is 0 Å². The Hall–Kier alpha value is -0.0800. The zero-order valence-corrected chi connectivity index (χ0v) is 7.19. The highest BCUT2D eigenvalue weighted by Gasteiger charge is 2.56. The van der Waals surface area contributed by atoms with Crippen LogP contribution in [0, 0.1) is 23.7 Å². The van der Waals surface area contributed by atoms with Gasteiger partial charge in [0.05, 0.1) is 12.2 Å². The van der Waals surface area contributed by atoms with E-state index in [1.807, 2.05) is 0 Å². The highest BCUT2D eigenvalue weighted by Crippen LogP contribution is 2.58. The molecule has 0 aromatic carbocycles. The first kappa shape index (κ1) is 7.34. The molecule has 0 radical (unpaired) electrons. The van der Waals surface area contributed by atoms with Gasteiger partial charge in [0, 0.05) is 0 Å². The maximum Gasteiger partial charge on any atom is 0.0575 e. The smallest absolute Gasteiger partial charge is 0.0575 e. The van der Waals surface area contributed by atoms with Crippen molar-refractivity contribution in [1.29, 1.82) is 0 Å². The Morgan fingerprint density at radius 3 is 2.50 bits per heavy atom. The van der Waals surface area contributed by atoms with Crippen LogP contribution in [0.5, 0.6) is 0 Å². The molecule has 12 heavy (non-hydrogen) atoms. The molecule has 0 saturated heterocycles. The first-order chi connectivity index (χ1) is 5.77. The van der Waals surface area contributed by atoms with E-state index in [1.54, 1.807) is 0 Å². The van der Waals surface area contributed by atoms with E-state index < -0.39 is 0 Å². The molecule has 2 nitrogen and oxygen atoms in total. The van der Waals surface area contributed by atoms with E-state index in [-0.39, 0.29) is 12.2 Å². The predicted molar refractivity (Wildman–Crippen MR) is 44.4 cm³/mol. The second-order valence-electron chi connectivity index (χ2n) is 4.85. The fourth-order valence-electron chi connectivity index (χ4n) is 4.04. The Bertz CT molecular complexity index is 204. The summed E-state index contributed by atoms with van der Waals surface area (Å²) in [6.07, 6.45) is 4.20. The van der Waals surface area contributed by atoms with Crippen LogP contribution in [0.25, 0.3) is 0 Å². The van der Waals surface area contributed by atoms with Gasteiger partial charge in [0.25, 0.3) is 0 Å². The van der Waals surface area contributed by atoms with Crippen LogP contribution < -0.4 is 0 Å². The summed E-state index contributed by atoms with van der Waals surface area (Å²) in [6.45, 7) is 0. The third-order valence-corrected chi connectivity index (χ3v) is 4.45. The molecule has 2 heteroatoms. The summed E-state index contributed by atoms with van der Waals surface area (Å²) < 4.78 is 0. The summed E-state index contributed by atoms with van der Waals surface area (Å²) in [4.78, 5) is 0. The Balaban J connectivity index is 1.90. The summed E-state index contributed by atoms with van der Waals surface area (Å²) >= 11 is 0. The summed E-state index contributed by atoms with van der Waals surface area (Å²) in [7, 11) is 0. The van der Waals surface area contributed by atoms with Crippen LogP contribution in [0.4, 0.5) is 0 Å². The zero-order chi connectivity index (χ0) is 8.29. The van der Waals surface area contributed by atoms with Gasteiger partial charge in [-0.25, -0.2) is 0 Å². The molecule has 3 rings (SSSR count). The molecule has 3 saturated carbocycles. The number of aliphatic hydroxyl groups excluding tert-OH is 2. The van der Waals surface area contributed by atoms with Crippen LogP contribution in [-0.2, 0) is 0 Å². The van der Waals surface area contributed by atoms with Gasteiger partial charge in [0.15, 0.2) is 0 Å². The van der Waals surface area contributed by atoms with Crippen molar-refractivity contribution >= 4 is 0 Å². The van der Waals surface area contributed by atoms with Crippen molar-refractivity contribution in [2.75, 3.05) is 0 Å². The SMILES string of the molecule is O[C@@H]1C[C@H]2C[C@@H]1[C@H]1[C@@H]2CC[C@@H]1O.